The van der Waals surface area contributed by atoms with Crippen molar-refractivity contribution in [1.29, 1.82) is 0 Å². The van der Waals surface area contributed by atoms with Crippen LogP contribution in [0, 0.1) is 13.8 Å². The second kappa shape index (κ2) is 11.9. The molecule has 188 valence electrons. The fraction of sp³-hybridized carbons (Fsp3) is 0.148. The number of aryl methyl sites for hydroxylation is 1. The molecule has 0 aliphatic heterocycles. The smallest absolute Gasteiger partial charge is 0.335 e. The molecule has 0 spiro atoms. The molecule has 1 amide bonds. The minimum atomic E-state index is -0.951. The van der Waals surface area contributed by atoms with Crippen LogP contribution in [0.4, 0.5) is 5.69 Å². The monoisotopic (exact) mass is 490 g/mol. The van der Waals surface area contributed by atoms with Crippen LogP contribution in [-0.2, 0) is 4.79 Å². The minimum Gasteiger partial charge on any atom is -0.478 e. The molecule has 1 unspecified atom stereocenters. The zero-order valence-electron chi connectivity index (χ0n) is 20.0. The van der Waals surface area contributed by atoms with Crippen molar-refractivity contribution < 1.29 is 25.6 Å². The van der Waals surface area contributed by atoms with Gasteiger partial charge in [0.15, 0.2) is 0 Å². The number of carboxylic acids is 1. The second-order valence-electron chi connectivity index (χ2n) is 8.20. The molecule has 9 nitrogen and oxygen atoms in total. The SMILES string of the molecule is Cc1ccc(C(=O)O)c(C)c1-c1ccc(C(CN)C(=O)Nc2ccc(-c3cn[nH]c3)cc2)cc1.O.O. The molecule has 0 saturated heterocycles. The van der Waals surface area contributed by atoms with Crippen LogP contribution in [0.1, 0.15) is 33.0 Å². The summed E-state index contributed by atoms with van der Waals surface area (Å²) in [7, 11) is 0. The molecule has 1 atom stereocenters. The van der Waals surface area contributed by atoms with E-state index in [0.29, 0.717) is 11.3 Å². The highest BCUT2D eigenvalue weighted by molar-refractivity contribution is 5.96. The number of nitrogens with two attached hydrogens (primary N) is 1. The number of H-pyrrole nitrogens is 1. The summed E-state index contributed by atoms with van der Waals surface area (Å²) in [4.78, 5) is 24.5. The minimum absolute atomic E-state index is 0. The molecule has 9 heteroatoms. The van der Waals surface area contributed by atoms with E-state index in [-0.39, 0.29) is 29.0 Å². The van der Waals surface area contributed by atoms with Gasteiger partial charge in [-0.2, -0.15) is 5.10 Å². The summed E-state index contributed by atoms with van der Waals surface area (Å²) in [6.45, 7) is 3.92. The van der Waals surface area contributed by atoms with Gasteiger partial charge in [0.05, 0.1) is 17.7 Å². The van der Waals surface area contributed by atoms with E-state index in [0.717, 1.165) is 33.4 Å². The molecular weight excluding hydrogens is 460 g/mol. The van der Waals surface area contributed by atoms with Crippen LogP contribution >= 0.6 is 0 Å². The summed E-state index contributed by atoms with van der Waals surface area (Å²) in [5.74, 6) is -1.66. The van der Waals surface area contributed by atoms with Gasteiger partial charge in [0.25, 0.3) is 0 Å². The molecule has 1 heterocycles. The molecule has 0 fully saturated rings. The Morgan fingerprint density at radius 2 is 1.58 bits per heavy atom. The zero-order valence-corrected chi connectivity index (χ0v) is 20.0. The van der Waals surface area contributed by atoms with Crippen LogP contribution in [0.25, 0.3) is 22.3 Å². The van der Waals surface area contributed by atoms with Crippen LogP contribution in [-0.4, -0.2) is 44.7 Å². The van der Waals surface area contributed by atoms with E-state index in [2.05, 4.69) is 15.5 Å². The van der Waals surface area contributed by atoms with Gasteiger partial charge in [0.2, 0.25) is 5.91 Å². The first-order valence-electron chi connectivity index (χ1n) is 10.9. The van der Waals surface area contributed by atoms with Gasteiger partial charge < -0.3 is 27.1 Å². The summed E-state index contributed by atoms with van der Waals surface area (Å²) in [6.07, 6.45) is 3.55. The Labute approximate surface area is 208 Å². The Morgan fingerprint density at radius 1 is 0.944 bits per heavy atom. The average Bonchev–Trinajstić information content (AvgIpc) is 3.36. The van der Waals surface area contributed by atoms with E-state index in [9.17, 15) is 14.7 Å². The highest BCUT2D eigenvalue weighted by Crippen LogP contribution is 2.31. The third kappa shape index (κ3) is 5.66. The highest BCUT2D eigenvalue weighted by Gasteiger charge is 2.20. The number of carboxylic acid groups (broad SMARTS) is 1. The number of nitrogens with one attached hydrogen (secondary N) is 2. The molecule has 4 aromatic rings. The lowest BCUT2D eigenvalue weighted by molar-refractivity contribution is -0.117. The van der Waals surface area contributed by atoms with Crippen LogP contribution in [0.2, 0.25) is 0 Å². The maximum atomic E-state index is 13.0. The van der Waals surface area contributed by atoms with Gasteiger partial charge >= 0.3 is 5.97 Å². The molecule has 9 N–H and O–H groups in total. The normalized spacial score (nSPS) is 11.1. The van der Waals surface area contributed by atoms with Gasteiger partial charge in [-0.3, -0.25) is 9.89 Å². The van der Waals surface area contributed by atoms with Gasteiger partial charge in [0.1, 0.15) is 0 Å². The maximum absolute atomic E-state index is 13.0. The van der Waals surface area contributed by atoms with Gasteiger partial charge in [0, 0.05) is 24.0 Å². The number of anilines is 1. The Kier molecular flexibility index (Phi) is 9.23. The van der Waals surface area contributed by atoms with Crippen molar-refractivity contribution in [2.24, 2.45) is 5.73 Å². The molecule has 3 aromatic carbocycles. The zero-order chi connectivity index (χ0) is 24.2. The van der Waals surface area contributed by atoms with Gasteiger partial charge in [-0.25, -0.2) is 4.79 Å². The van der Waals surface area contributed by atoms with Crippen molar-refractivity contribution in [2.75, 3.05) is 11.9 Å². The van der Waals surface area contributed by atoms with E-state index in [4.69, 9.17) is 5.73 Å². The lowest BCUT2D eigenvalue weighted by atomic mass is 9.90. The molecule has 0 bridgehead atoms. The van der Waals surface area contributed by atoms with Gasteiger partial charge in [-0.05, 0) is 65.4 Å². The predicted octanol–water partition coefficient (Wildman–Crippen LogP) is 3.09. The highest BCUT2D eigenvalue weighted by atomic mass is 16.4. The van der Waals surface area contributed by atoms with E-state index >= 15 is 0 Å². The number of amides is 1. The summed E-state index contributed by atoms with van der Waals surface area (Å²) >= 11 is 0. The largest absolute Gasteiger partial charge is 0.478 e. The fourth-order valence-corrected chi connectivity index (χ4v) is 4.18. The Bertz CT molecular complexity index is 1320. The number of carbonyl (C=O) groups is 2. The summed E-state index contributed by atoms with van der Waals surface area (Å²) in [6, 6.07) is 18.5. The van der Waals surface area contributed by atoms with E-state index in [1.165, 1.54) is 0 Å². The molecule has 36 heavy (non-hydrogen) atoms. The number of rotatable bonds is 7. The quantitative estimate of drug-likeness (QED) is 0.309. The summed E-state index contributed by atoms with van der Waals surface area (Å²) < 4.78 is 0. The van der Waals surface area contributed by atoms with Gasteiger partial charge in [-0.15, -0.1) is 0 Å². The Hall–Kier alpha value is -4.31. The number of hydrogen-bond donors (Lipinski definition) is 4. The number of benzene rings is 3. The fourth-order valence-electron chi connectivity index (χ4n) is 4.18. The molecular formula is C27H30N4O5. The molecule has 0 saturated carbocycles. The van der Waals surface area contributed by atoms with Crippen LogP contribution in [0.15, 0.2) is 73.1 Å². The van der Waals surface area contributed by atoms with Gasteiger partial charge in [-0.1, -0.05) is 42.5 Å². The van der Waals surface area contributed by atoms with Crippen LogP contribution in [0.5, 0.6) is 0 Å². The Morgan fingerprint density at radius 3 is 2.14 bits per heavy atom. The van der Waals surface area contributed by atoms with Crippen molar-refractivity contribution in [3.05, 3.63) is 95.3 Å². The Balaban J connectivity index is 0.00000228. The summed E-state index contributed by atoms with van der Waals surface area (Å²) in [5, 5.41) is 19.1. The molecule has 4 rings (SSSR count). The maximum Gasteiger partial charge on any atom is 0.335 e. The van der Waals surface area contributed by atoms with E-state index in [1.807, 2.05) is 74.6 Å². The third-order valence-electron chi connectivity index (χ3n) is 6.04. The first kappa shape index (κ1) is 27.9. The topological polar surface area (TPSA) is 184 Å². The number of aromatic nitrogens is 2. The first-order valence-corrected chi connectivity index (χ1v) is 10.9. The number of aromatic carboxylic acids is 1. The standard InChI is InChI=1S/C27H26N4O3.2H2O/c1-16-3-12-23(27(33)34)17(2)25(16)20-6-4-19(5-7-20)24(13-28)26(32)31-22-10-8-18(9-11-22)21-14-29-30-15-21;;/h3-12,14-15,24H,13,28H2,1-2H3,(H,29,30)(H,31,32)(H,33,34);2*1H2. The van der Waals surface area contributed by atoms with Crippen molar-refractivity contribution in [1.82, 2.24) is 10.2 Å². The van der Waals surface area contributed by atoms with Crippen molar-refractivity contribution in [3.8, 4) is 22.3 Å². The number of aromatic amines is 1. The lowest BCUT2D eigenvalue weighted by Gasteiger charge is -2.17. The lowest BCUT2D eigenvalue weighted by Crippen LogP contribution is -2.27. The third-order valence-corrected chi connectivity index (χ3v) is 6.04. The predicted molar refractivity (Wildman–Crippen MR) is 140 cm³/mol. The van der Waals surface area contributed by atoms with Crippen molar-refractivity contribution in [2.45, 2.75) is 19.8 Å². The van der Waals surface area contributed by atoms with Crippen LogP contribution < -0.4 is 11.1 Å². The average molecular weight is 491 g/mol. The number of hydrogen-bond acceptors (Lipinski definition) is 4. The number of nitrogens with zero attached hydrogens (tertiary/aromatic N) is 1. The van der Waals surface area contributed by atoms with Crippen molar-refractivity contribution in [3.63, 3.8) is 0 Å². The number of carbonyl (C=O) groups excluding carboxylic acids is 1. The van der Waals surface area contributed by atoms with Crippen LogP contribution in [0.3, 0.4) is 0 Å². The molecule has 0 radical (unpaired) electrons. The molecule has 0 aliphatic rings. The second-order valence-corrected chi connectivity index (χ2v) is 8.20. The van der Waals surface area contributed by atoms with Crippen molar-refractivity contribution >= 4 is 17.6 Å². The molecule has 1 aromatic heterocycles. The van der Waals surface area contributed by atoms with E-state index < -0.39 is 11.9 Å². The first-order chi connectivity index (χ1) is 16.4. The molecule has 0 aliphatic carbocycles. The van der Waals surface area contributed by atoms with E-state index in [1.54, 1.807) is 12.3 Å². The summed E-state index contributed by atoms with van der Waals surface area (Å²) in [5.41, 5.74) is 13.2.